The summed E-state index contributed by atoms with van der Waals surface area (Å²) in [5, 5.41) is 3.69. The van der Waals surface area contributed by atoms with E-state index in [4.69, 9.17) is 0 Å². The molecule has 3 nitrogen and oxygen atoms in total. The van der Waals surface area contributed by atoms with E-state index in [1.807, 2.05) is 0 Å². The molecule has 21 heavy (non-hydrogen) atoms. The summed E-state index contributed by atoms with van der Waals surface area (Å²) in [5.74, 6) is 0. The zero-order valence-electron chi connectivity index (χ0n) is 15.2. The Bertz CT molecular complexity index is 332. The van der Waals surface area contributed by atoms with E-state index in [-0.39, 0.29) is 5.54 Å². The molecule has 2 heterocycles. The van der Waals surface area contributed by atoms with E-state index in [0.717, 1.165) is 12.6 Å². The molecule has 2 atom stereocenters. The van der Waals surface area contributed by atoms with Gasteiger partial charge in [-0.2, -0.15) is 0 Å². The van der Waals surface area contributed by atoms with Gasteiger partial charge in [0.1, 0.15) is 0 Å². The van der Waals surface area contributed by atoms with Crippen LogP contribution in [0.15, 0.2) is 0 Å². The van der Waals surface area contributed by atoms with Gasteiger partial charge < -0.3 is 5.32 Å². The van der Waals surface area contributed by atoms with Crippen molar-refractivity contribution in [1.29, 1.82) is 0 Å². The van der Waals surface area contributed by atoms with Crippen LogP contribution in [0, 0.1) is 5.41 Å². The summed E-state index contributed by atoms with van der Waals surface area (Å²) in [5.41, 5.74) is 0.545. The Morgan fingerprint density at radius 2 is 1.76 bits per heavy atom. The van der Waals surface area contributed by atoms with Crippen LogP contribution in [0.2, 0.25) is 0 Å². The normalized spacial score (nSPS) is 29.4. The first-order valence-corrected chi connectivity index (χ1v) is 8.89. The molecule has 1 N–H and O–H groups in total. The Balaban J connectivity index is 1.88. The lowest BCUT2D eigenvalue weighted by Gasteiger charge is -2.49. The number of nitrogens with zero attached hydrogens (tertiary/aromatic N) is 2. The van der Waals surface area contributed by atoms with Crippen molar-refractivity contribution in [3.05, 3.63) is 0 Å². The molecule has 3 heteroatoms. The third-order valence-electron chi connectivity index (χ3n) is 5.04. The number of hydrogen-bond acceptors (Lipinski definition) is 3. The minimum absolute atomic E-state index is 0.213. The lowest BCUT2D eigenvalue weighted by atomic mass is 9.89. The highest BCUT2D eigenvalue weighted by Gasteiger charge is 2.35. The van der Waals surface area contributed by atoms with Crippen LogP contribution in [0.4, 0.5) is 0 Å². The van der Waals surface area contributed by atoms with Gasteiger partial charge in [-0.1, -0.05) is 20.3 Å². The molecule has 0 bridgehead atoms. The SMILES string of the molecule is CC1CN2CCCCC2CN1CC(C)(C)CNC(C)(C)C. The molecule has 0 saturated carbocycles. The van der Waals surface area contributed by atoms with Gasteiger partial charge in [-0.3, -0.25) is 9.80 Å². The number of piperazine rings is 1. The Labute approximate surface area is 132 Å². The summed E-state index contributed by atoms with van der Waals surface area (Å²) in [6, 6.07) is 1.52. The van der Waals surface area contributed by atoms with Gasteiger partial charge in [-0.25, -0.2) is 0 Å². The largest absolute Gasteiger partial charge is 0.311 e. The maximum absolute atomic E-state index is 3.69. The Kier molecular flexibility index (Phi) is 5.38. The summed E-state index contributed by atoms with van der Waals surface area (Å²) in [4.78, 5) is 5.49. The fourth-order valence-corrected chi connectivity index (χ4v) is 3.74. The highest BCUT2D eigenvalue weighted by molar-refractivity contribution is 4.91. The quantitative estimate of drug-likeness (QED) is 0.860. The van der Waals surface area contributed by atoms with Crippen LogP contribution in [0.3, 0.4) is 0 Å². The topological polar surface area (TPSA) is 18.5 Å². The van der Waals surface area contributed by atoms with Crippen molar-refractivity contribution < 1.29 is 0 Å². The fourth-order valence-electron chi connectivity index (χ4n) is 3.74. The van der Waals surface area contributed by atoms with E-state index in [1.54, 1.807) is 0 Å². The molecule has 2 fully saturated rings. The molecule has 124 valence electrons. The van der Waals surface area contributed by atoms with Crippen molar-refractivity contribution in [3.63, 3.8) is 0 Å². The van der Waals surface area contributed by atoms with Crippen LogP contribution in [0.5, 0.6) is 0 Å². The maximum Gasteiger partial charge on any atom is 0.0223 e. The zero-order valence-corrected chi connectivity index (χ0v) is 15.2. The van der Waals surface area contributed by atoms with E-state index in [0.29, 0.717) is 11.5 Å². The highest BCUT2D eigenvalue weighted by atomic mass is 15.3. The van der Waals surface area contributed by atoms with Crippen molar-refractivity contribution in [2.24, 2.45) is 5.41 Å². The molecule has 0 amide bonds. The Hall–Kier alpha value is -0.120. The molecular weight excluding hydrogens is 258 g/mol. The van der Waals surface area contributed by atoms with Gasteiger partial charge in [0.05, 0.1) is 0 Å². The lowest BCUT2D eigenvalue weighted by molar-refractivity contribution is -0.00251. The number of nitrogens with one attached hydrogen (secondary N) is 1. The molecule has 2 aliphatic heterocycles. The number of fused-ring (bicyclic) bond motifs is 1. The summed E-state index contributed by atoms with van der Waals surface area (Å²) in [7, 11) is 0. The monoisotopic (exact) mass is 295 g/mol. The summed E-state index contributed by atoms with van der Waals surface area (Å²) < 4.78 is 0. The zero-order chi connectivity index (χ0) is 15.7. The third-order valence-corrected chi connectivity index (χ3v) is 5.04. The Morgan fingerprint density at radius 1 is 1.05 bits per heavy atom. The van der Waals surface area contributed by atoms with E-state index in [9.17, 15) is 0 Å². The molecule has 0 aromatic heterocycles. The molecule has 0 radical (unpaired) electrons. The highest BCUT2D eigenvalue weighted by Crippen LogP contribution is 2.27. The van der Waals surface area contributed by atoms with Gasteiger partial charge in [0.25, 0.3) is 0 Å². The fraction of sp³-hybridized carbons (Fsp3) is 1.00. The average molecular weight is 296 g/mol. The first kappa shape index (κ1) is 17.2. The molecule has 2 unspecified atom stereocenters. The van der Waals surface area contributed by atoms with Crippen molar-refractivity contribution in [2.75, 3.05) is 32.7 Å². The minimum atomic E-state index is 0.213. The van der Waals surface area contributed by atoms with E-state index < -0.39 is 0 Å². The second kappa shape index (κ2) is 6.55. The van der Waals surface area contributed by atoms with Gasteiger partial charge >= 0.3 is 0 Å². The number of rotatable bonds is 4. The summed E-state index contributed by atoms with van der Waals surface area (Å²) in [6.45, 7) is 20.2. The van der Waals surface area contributed by atoms with Crippen molar-refractivity contribution in [2.45, 2.75) is 78.4 Å². The minimum Gasteiger partial charge on any atom is -0.311 e. The maximum atomic E-state index is 3.69. The predicted octanol–water partition coefficient (Wildman–Crippen LogP) is 2.96. The van der Waals surface area contributed by atoms with E-state index >= 15 is 0 Å². The first-order valence-electron chi connectivity index (χ1n) is 8.89. The first-order chi connectivity index (χ1) is 9.66. The summed E-state index contributed by atoms with van der Waals surface area (Å²) in [6.07, 6.45) is 4.24. The van der Waals surface area contributed by atoms with Gasteiger partial charge in [0.2, 0.25) is 0 Å². The smallest absolute Gasteiger partial charge is 0.0223 e. The molecule has 0 aliphatic carbocycles. The van der Waals surface area contributed by atoms with Gasteiger partial charge in [0, 0.05) is 43.8 Å². The third kappa shape index (κ3) is 5.22. The summed E-state index contributed by atoms with van der Waals surface area (Å²) >= 11 is 0. The standard InChI is InChI=1S/C18H37N3/c1-15-11-20-10-8-7-9-16(20)12-21(15)14-18(5,6)13-19-17(2,3)4/h15-16,19H,7-14H2,1-6H3. The second-order valence-corrected chi connectivity index (χ2v) is 9.19. The predicted molar refractivity (Wildman–Crippen MR) is 91.8 cm³/mol. The van der Waals surface area contributed by atoms with Gasteiger partial charge in [-0.15, -0.1) is 0 Å². The second-order valence-electron chi connectivity index (χ2n) is 9.19. The molecular formula is C18H37N3. The van der Waals surface area contributed by atoms with Crippen molar-refractivity contribution >= 4 is 0 Å². The van der Waals surface area contributed by atoms with Crippen LogP contribution in [0.1, 0.15) is 60.8 Å². The van der Waals surface area contributed by atoms with E-state index in [2.05, 4.69) is 56.7 Å². The van der Waals surface area contributed by atoms with Gasteiger partial charge in [0.15, 0.2) is 0 Å². The molecule has 2 saturated heterocycles. The van der Waals surface area contributed by atoms with Crippen LogP contribution >= 0.6 is 0 Å². The Morgan fingerprint density at radius 3 is 2.43 bits per heavy atom. The van der Waals surface area contributed by atoms with E-state index in [1.165, 1.54) is 45.4 Å². The van der Waals surface area contributed by atoms with Crippen LogP contribution in [-0.2, 0) is 0 Å². The van der Waals surface area contributed by atoms with Crippen LogP contribution < -0.4 is 5.32 Å². The molecule has 0 aromatic rings. The van der Waals surface area contributed by atoms with Crippen molar-refractivity contribution in [1.82, 2.24) is 15.1 Å². The number of hydrogen-bond donors (Lipinski definition) is 1. The average Bonchev–Trinajstić information content (AvgIpc) is 2.36. The molecule has 2 aliphatic rings. The molecule has 0 spiro atoms. The van der Waals surface area contributed by atoms with Crippen LogP contribution in [0.25, 0.3) is 0 Å². The lowest BCUT2D eigenvalue weighted by Crippen LogP contribution is -2.60. The van der Waals surface area contributed by atoms with Crippen LogP contribution in [-0.4, -0.2) is 60.1 Å². The molecule has 0 aromatic carbocycles. The van der Waals surface area contributed by atoms with Crippen molar-refractivity contribution in [3.8, 4) is 0 Å². The number of piperidine rings is 1. The molecule has 2 rings (SSSR count). The van der Waals surface area contributed by atoms with Gasteiger partial charge in [-0.05, 0) is 52.5 Å².